The standard InChI is InChI=1S/C16H21Cl2FN2O/c1-10-4-3-5-21(8-10)9-11(2)20-16(22)12-6-15(19)14(18)7-13(12)17/h6-7,10-11H,3-5,8-9H2,1-2H3,(H,20,22). The van der Waals surface area contributed by atoms with E-state index in [1.54, 1.807) is 0 Å². The lowest BCUT2D eigenvalue weighted by atomic mass is 10.00. The van der Waals surface area contributed by atoms with Crippen molar-refractivity contribution in [3.05, 3.63) is 33.6 Å². The molecule has 0 aliphatic carbocycles. The normalized spacial score (nSPS) is 20.7. The van der Waals surface area contributed by atoms with Gasteiger partial charge in [0.05, 0.1) is 15.6 Å². The predicted octanol–water partition coefficient (Wildman–Crippen LogP) is 3.98. The van der Waals surface area contributed by atoms with Crippen molar-refractivity contribution in [3.8, 4) is 0 Å². The average molecular weight is 347 g/mol. The van der Waals surface area contributed by atoms with Gasteiger partial charge in [-0.3, -0.25) is 4.79 Å². The largest absolute Gasteiger partial charge is 0.348 e. The van der Waals surface area contributed by atoms with Gasteiger partial charge in [-0.15, -0.1) is 0 Å². The monoisotopic (exact) mass is 346 g/mol. The summed E-state index contributed by atoms with van der Waals surface area (Å²) in [5.74, 6) is -0.330. The number of carbonyl (C=O) groups excluding carboxylic acids is 1. The maximum atomic E-state index is 13.5. The third-order valence-corrected chi connectivity index (χ3v) is 4.51. The van der Waals surface area contributed by atoms with Gasteiger partial charge in [0.25, 0.3) is 5.91 Å². The average Bonchev–Trinajstić information content (AvgIpc) is 2.42. The van der Waals surface area contributed by atoms with Crippen LogP contribution in [0.25, 0.3) is 0 Å². The van der Waals surface area contributed by atoms with Gasteiger partial charge in [0.15, 0.2) is 0 Å². The lowest BCUT2D eigenvalue weighted by Crippen LogP contribution is -2.45. The van der Waals surface area contributed by atoms with E-state index in [1.807, 2.05) is 6.92 Å². The molecule has 122 valence electrons. The molecule has 1 aliphatic rings. The molecule has 1 aromatic rings. The van der Waals surface area contributed by atoms with E-state index in [9.17, 15) is 9.18 Å². The van der Waals surface area contributed by atoms with Gasteiger partial charge in [0.1, 0.15) is 5.82 Å². The Morgan fingerprint density at radius 1 is 1.45 bits per heavy atom. The van der Waals surface area contributed by atoms with Crippen LogP contribution in [0, 0.1) is 11.7 Å². The van der Waals surface area contributed by atoms with Crippen LogP contribution in [0.2, 0.25) is 10.0 Å². The molecule has 0 spiro atoms. The van der Waals surface area contributed by atoms with Crippen LogP contribution in [-0.4, -0.2) is 36.5 Å². The van der Waals surface area contributed by atoms with Crippen molar-refractivity contribution in [1.29, 1.82) is 0 Å². The number of halogens is 3. The molecule has 1 aliphatic heterocycles. The molecule has 0 aromatic heterocycles. The van der Waals surface area contributed by atoms with Gasteiger partial charge >= 0.3 is 0 Å². The van der Waals surface area contributed by atoms with E-state index in [-0.39, 0.29) is 27.6 Å². The first-order chi connectivity index (χ1) is 10.4. The van der Waals surface area contributed by atoms with Crippen LogP contribution in [-0.2, 0) is 0 Å². The Bertz CT molecular complexity index is 553. The Kier molecular flexibility index (Phi) is 6.07. The summed E-state index contributed by atoms with van der Waals surface area (Å²) in [7, 11) is 0. The van der Waals surface area contributed by atoms with Gasteiger partial charge in [-0.25, -0.2) is 4.39 Å². The highest BCUT2D eigenvalue weighted by molar-refractivity contribution is 6.36. The fourth-order valence-electron chi connectivity index (χ4n) is 2.88. The molecule has 22 heavy (non-hydrogen) atoms. The quantitative estimate of drug-likeness (QED) is 0.836. The minimum atomic E-state index is -0.645. The number of nitrogens with one attached hydrogen (secondary N) is 1. The Hall–Kier alpha value is -0.840. The molecular weight excluding hydrogens is 326 g/mol. The van der Waals surface area contributed by atoms with Crippen molar-refractivity contribution in [2.75, 3.05) is 19.6 Å². The third-order valence-electron chi connectivity index (χ3n) is 3.91. The summed E-state index contributed by atoms with van der Waals surface area (Å²) in [6.45, 7) is 7.07. The van der Waals surface area contributed by atoms with Gasteiger partial charge in [-0.1, -0.05) is 30.1 Å². The highest BCUT2D eigenvalue weighted by Crippen LogP contribution is 2.24. The van der Waals surface area contributed by atoms with E-state index in [0.29, 0.717) is 5.92 Å². The maximum absolute atomic E-state index is 13.5. The van der Waals surface area contributed by atoms with Crippen LogP contribution in [0.4, 0.5) is 4.39 Å². The highest BCUT2D eigenvalue weighted by Gasteiger charge is 2.20. The number of amides is 1. The summed E-state index contributed by atoms with van der Waals surface area (Å²) in [6.07, 6.45) is 2.45. The van der Waals surface area contributed by atoms with Crippen LogP contribution in [0.15, 0.2) is 12.1 Å². The molecule has 2 atom stereocenters. The van der Waals surface area contributed by atoms with Gasteiger partial charge in [-0.05, 0) is 44.4 Å². The second-order valence-electron chi connectivity index (χ2n) is 6.13. The molecule has 3 nitrogen and oxygen atoms in total. The topological polar surface area (TPSA) is 32.3 Å². The van der Waals surface area contributed by atoms with Crippen LogP contribution in [0.5, 0.6) is 0 Å². The van der Waals surface area contributed by atoms with Gasteiger partial charge in [0.2, 0.25) is 0 Å². The van der Waals surface area contributed by atoms with Crippen molar-refractivity contribution in [2.45, 2.75) is 32.7 Å². The Balaban J connectivity index is 1.95. The number of likely N-dealkylation sites (tertiary alicyclic amines) is 1. The van der Waals surface area contributed by atoms with Crippen LogP contribution < -0.4 is 5.32 Å². The zero-order chi connectivity index (χ0) is 16.3. The first-order valence-corrected chi connectivity index (χ1v) is 8.30. The summed E-state index contributed by atoms with van der Waals surface area (Å²) in [6, 6.07) is 2.30. The number of hydrogen-bond donors (Lipinski definition) is 1. The third kappa shape index (κ3) is 4.58. The molecule has 1 saturated heterocycles. The molecule has 1 N–H and O–H groups in total. The zero-order valence-corrected chi connectivity index (χ0v) is 14.3. The number of carbonyl (C=O) groups is 1. The smallest absolute Gasteiger partial charge is 0.253 e. The molecule has 0 bridgehead atoms. The molecule has 1 amide bonds. The van der Waals surface area contributed by atoms with E-state index in [1.165, 1.54) is 18.9 Å². The minimum Gasteiger partial charge on any atom is -0.348 e. The van der Waals surface area contributed by atoms with Crippen molar-refractivity contribution in [3.63, 3.8) is 0 Å². The van der Waals surface area contributed by atoms with Gasteiger partial charge in [-0.2, -0.15) is 0 Å². The SMILES string of the molecule is CC1CCCN(CC(C)NC(=O)c2cc(F)c(Cl)cc2Cl)C1. The van der Waals surface area contributed by atoms with E-state index in [0.717, 1.165) is 25.7 Å². The predicted molar refractivity (Wildman–Crippen MR) is 88.2 cm³/mol. The lowest BCUT2D eigenvalue weighted by molar-refractivity contribution is 0.0919. The van der Waals surface area contributed by atoms with E-state index < -0.39 is 5.82 Å². The molecule has 1 heterocycles. The summed E-state index contributed by atoms with van der Waals surface area (Å²) < 4.78 is 13.5. The fourth-order valence-corrected chi connectivity index (χ4v) is 3.35. The lowest BCUT2D eigenvalue weighted by Gasteiger charge is -2.32. The second-order valence-corrected chi connectivity index (χ2v) is 6.94. The molecule has 1 fully saturated rings. The number of hydrogen-bond acceptors (Lipinski definition) is 2. The van der Waals surface area contributed by atoms with Crippen molar-refractivity contribution in [2.24, 2.45) is 5.92 Å². The summed E-state index contributed by atoms with van der Waals surface area (Å²) in [4.78, 5) is 14.6. The number of benzene rings is 1. The Labute approximate surface area is 140 Å². The van der Waals surface area contributed by atoms with Gasteiger partial charge in [0, 0.05) is 19.1 Å². The Morgan fingerprint density at radius 2 is 2.18 bits per heavy atom. The minimum absolute atomic E-state index is 0.0346. The molecule has 2 unspecified atom stereocenters. The van der Waals surface area contributed by atoms with Crippen LogP contribution >= 0.6 is 23.2 Å². The number of piperidine rings is 1. The Morgan fingerprint density at radius 3 is 2.86 bits per heavy atom. The van der Waals surface area contributed by atoms with Crippen LogP contribution in [0.1, 0.15) is 37.0 Å². The first-order valence-electron chi connectivity index (χ1n) is 7.54. The number of rotatable bonds is 4. The van der Waals surface area contributed by atoms with E-state index in [2.05, 4.69) is 17.1 Å². The summed E-state index contributed by atoms with van der Waals surface area (Å²) in [5.41, 5.74) is 0.113. The highest BCUT2D eigenvalue weighted by atomic mass is 35.5. The number of nitrogens with zero attached hydrogens (tertiary/aromatic N) is 1. The van der Waals surface area contributed by atoms with Crippen molar-refractivity contribution < 1.29 is 9.18 Å². The van der Waals surface area contributed by atoms with E-state index >= 15 is 0 Å². The summed E-state index contributed by atoms with van der Waals surface area (Å²) in [5, 5.41) is 2.94. The first kappa shape index (κ1) is 17.5. The maximum Gasteiger partial charge on any atom is 0.253 e. The molecular formula is C16H21Cl2FN2O. The summed E-state index contributed by atoms with van der Waals surface area (Å²) >= 11 is 11.6. The zero-order valence-electron chi connectivity index (χ0n) is 12.8. The van der Waals surface area contributed by atoms with Gasteiger partial charge < -0.3 is 10.2 Å². The molecule has 0 radical (unpaired) electrons. The van der Waals surface area contributed by atoms with Crippen LogP contribution in [0.3, 0.4) is 0 Å². The molecule has 1 aromatic carbocycles. The molecule has 0 saturated carbocycles. The second kappa shape index (κ2) is 7.62. The van der Waals surface area contributed by atoms with Crippen molar-refractivity contribution in [1.82, 2.24) is 10.2 Å². The molecule has 6 heteroatoms. The molecule has 2 rings (SSSR count). The fraction of sp³-hybridized carbons (Fsp3) is 0.562. The van der Waals surface area contributed by atoms with Crippen molar-refractivity contribution >= 4 is 29.1 Å². The van der Waals surface area contributed by atoms with E-state index in [4.69, 9.17) is 23.2 Å².